The molecule has 0 saturated heterocycles. The average molecular weight is 282 g/mol. The predicted octanol–water partition coefficient (Wildman–Crippen LogP) is 2.47. The summed E-state index contributed by atoms with van der Waals surface area (Å²) in [5.74, 6) is -0.234. The molecule has 3 N–H and O–H groups in total. The van der Waals surface area contributed by atoms with E-state index in [1.54, 1.807) is 0 Å². The lowest BCUT2D eigenvalue weighted by Gasteiger charge is -2.30. The number of nitrogens with two attached hydrogens (primary N) is 1. The molecule has 4 heteroatoms. The first kappa shape index (κ1) is 17.0. The lowest BCUT2D eigenvalue weighted by Crippen LogP contribution is -2.42. The van der Waals surface area contributed by atoms with Crippen molar-refractivity contribution >= 4 is 11.8 Å². The minimum Gasteiger partial charge on any atom is -0.369 e. The van der Waals surface area contributed by atoms with Gasteiger partial charge in [0.1, 0.15) is 0 Å². The largest absolute Gasteiger partial charge is 0.369 e. The van der Waals surface area contributed by atoms with E-state index in [4.69, 9.17) is 5.73 Å². The molecule has 0 bridgehead atoms. The standard InChI is InChI=1S/C16H30N2O2/c1-5-18-15(20)13(10-16(2,3)4)12(14(17)19)9-8-11-6-7-11/h11-13H,5-10H2,1-4H3,(H2,17,19)(H,18,20). The fraction of sp³-hybridized carbons (Fsp3) is 0.875. The molecule has 2 unspecified atom stereocenters. The Kier molecular flexibility index (Phi) is 6.03. The molecule has 1 aliphatic rings. The van der Waals surface area contributed by atoms with Crippen molar-refractivity contribution in [2.45, 2.75) is 59.8 Å². The molecule has 0 radical (unpaired) electrons. The summed E-state index contributed by atoms with van der Waals surface area (Å²) in [5, 5.41) is 2.86. The van der Waals surface area contributed by atoms with Crippen LogP contribution in [0, 0.1) is 23.2 Å². The Balaban J connectivity index is 2.77. The molecule has 0 aliphatic heterocycles. The zero-order valence-corrected chi connectivity index (χ0v) is 13.4. The summed E-state index contributed by atoms with van der Waals surface area (Å²) >= 11 is 0. The molecule has 0 spiro atoms. The Bertz CT molecular complexity index is 343. The van der Waals surface area contributed by atoms with Crippen LogP contribution in [0.4, 0.5) is 0 Å². The van der Waals surface area contributed by atoms with E-state index in [1.807, 2.05) is 6.92 Å². The van der Waals surface area contributed by atoms with Crippen molar-refractivity contribution in [3.63, 3.8) is 0 Å². The van der Waals surface area contributed by atoms with Gasteiger partial charge in [0.05, 0.1) is 0 Å². The van der Waals surface area contributed by atoms with Crippen molar-refractivity contribution in [3.8, 4) is 0 Å². The SMILES string of the molecule is CCNC(=O)C(CC(C)(C)C)C(CCC1CC1)C(N)=O. The molecule has 20 heavy (non-hydrogen) atoms. The van der Waals surface area contributed by atoms with Gasteiger partial charge < -0.3 is 11.1 Å². The van der Waals surface area contributed by atoms with Crippen LogP contribution in [0.5, 0.6) is 0 Å². The first-order valence-corrected chi connectivity index (χ1v) is 7.81. The van der Waals surface area contributed by atoms with Gasteiger partial charge in [0.2, 0.25) is 11.8 Å². The van der Waals surface area contributed by atoms with Crippen LogP contribution in [0.2, 0.25) is 0 Å². The molecule has 1 fully saturated rings. The second kappa shape index (κ2) is 7.09. The molecule has 4 nitrogen and oxygen atoms in total. The van der Waals surface area contributed by atoms with Crippen LogP contribution >= 0.6 is 0 Å². The van der Waals surface area contributed by atoms with Crippen LogP contribution < -0.4 is 11.1 Å². The minimum absolute atomic E-state index is 0.00300. The van der Waals surface area contributed by atoms with Crippen LogP contribution in [0.1, 0.15) is 59.8 Å². The Hall–Kier alpha value is -1.06. The van der Waals surface area contributed by atoms with Crippen LogP contribution in [-0.4, -0.2) is 18.4 Å². The summed E-state index contributed by atoms with van der Waals surface area (Å²) in [6.45, 7) is 8.78. The number of nitrogens with one attached hydrogen (secondary N) is 1. The van der Waals surface area contributed by atoms with Gasteiger partial charge in [-0.05, 0) is 37.5 Å². The molecule has 1 aliphatic carbocycles. The van der Waals surface area contributed by atoms with Crippen molar-refractivity contribution in [3.05, 3.63) is 0 Å². The molecular weight excluding hydrogens is 252 g/mol. The first-order valence-electron chi connectivity index (χ1n) is 7.81. The maximum atomic E-state index is 12.3. The number of amides is 2. The highest BCUT2D eigenvalue weighted by Crippen LogP contribution is 2.37. The van der Waals surface area contributed by atoms with Gasteiger partial charge in [0, 0.05) is 18.4 Å². The summed E-state index contributed by atoms with van der Waals surface area (Å²) in [5.41, 5.74) is 5.58. The van der Waals surface area contributed by atoms with Crippen molar-refractivity contribution in [1.29, 1.82) is 0 Å². The van der Waals surface area contributed by atoms with E-state index in [9.17, 15) is 9.59 Å². The highest BCUT2D eigenvalue weighted by molar-refractivity contribution is 5.86. The summed E-state index contributed by atoms with van der Waals surface area (Å²) in [6.07, 6.45) is 4.98. The molecule has 0 heterocycles. The van der Waals surface area contributed by atoms with Crippen molar-refractivity contribution in [1.82, 2.24) is 5.32 Å². The molecule has 2 amide bonds. The number of carbonyl (C=O) groups excluding carboxylic acids is 2. The van der Waals surface area contributed by atoms with Gasteiger partial charge in [-0.2, -0.15) is 0 Å². The van der Waals surface area contributed by atoms with E-state index in [-0.39, 0.29) is 29.1 Å². The van der Waals surface area contributed by atoms with E-state index in [2.05, 4.69) is 26.1 Å². The van der Waals surface area contributed by atoms with Crippen LogP contribution in [0.15, 0.2) is 0 Å². The summed E-state index contributed by atoms with van der Waals surface area (Å²) in [7, 11) is 0. The highest BCUT2D eigenvalue weighted by Gasteiger charge is 2.36. The Labute approximate surface area is 122 Å². The quantitative estimate of drug-likeness (QED) is 0.718. The molecule has 1 saturated carbocycles. The van der Waals surface area contributed by atoms with Crippen molar-refractivity contribution in [2.24, 2.45) is 28.9 Å². The molecular formula is C16H30N2O2. The Morgan fingerprint density at radius 1 is 1.25 bits per heavy atom. The second-order valence-electron chi connectivity index (χ2n) is 7.30. The topological polar surface area (TPSA) is 72.2 Å². The number of primary amides is 1. The Morgan fingerprint density at radius 3 is 2.25 bits per heavy atom. The molecule has 2 atom stereocenters. The van der Waals surface area contributed by atoms with E-state index in [1.165, 1.54) is 12.8 Å². The van der Waals surface area contributed by atoms with E-state index < -0.39 is 0 Å². The van der Waals surface area contributed by atoms with Gasteiger partial charge in [-0.3, -0.25) is 9.59 Å². The number of carbonyl (C=O) groups is 2. The maximum absolute atomic E-state index is 12.3. The number of hydrogen-bond acceptors (Lipinski definition) is 2. The highest BCUT2D eigenvalue weighted by atomic mass is 16.2. The smallest absolute Gasteiger partial charge is 0.223 e. The third kappa shape index (κ3) is 5.93. The zero-order valence-electron chi connectivity index (χ0n) is 13.4. The summed E-state index contributed by atoms with van der Waals surface area (Å²) in [4.78, 5) is 24.1. The third-order valence-corrected chi connectivity index (χ3v) is 3.95. The summed E-state index contributed by atoms with van der Waals surface area (Å²) in [6, 6.07) is 0. The molecule has 0 aromatic carbocycles. The predicted molar refractivity (Wildman–Crippen MR) is 80.9 cm³/mol. The maximum Gasteiger partial charge on any atom is 0.223 e. The van der Waals surface area contributed by atoms with E-state index in [0.717, 1.165) is 18.8 Å². The lowest BCUT2D eigenvalue weighted by atomic mass is 9.76. The lowest BCUT2D eigenvalue weighted by molar-refractivity contribution is -0.134. The van der Waals surface area contributed by atoms with Gasteiger partial charge in [0.15, 0.2) is 0 Å². The molecule has 116 valence electrons. The van der Waals surface area contributed by atoms with Crippen LogP contribution in [0.3, 0.4) is 0 Å². The molecule has 0 aromatic heterocycles. The normalized spacial score (nSPS) is 18.4. The number of hydrogen-bond donors (Lipinski definition) is 2. The third-order valence-electron chi connectivity index (χ3n) is 3.95. The summed E-state index contributed by atoms with van der Waals surface area (Å²) < 4.78 is 0. The van der Waals surface area contributed by atoms with Gasteiger partial charge in [-0.25, -0.2) is 0 Å². The molecule has 0 aromatic rings. The van der Waals surface area contributed by atoms with Crippen molar-refractivity contribution in [2.75, 3.05) is 6.54 Å². The van der Waals surface area contributed by atoms with Crippen molar-refractivity contribution < 1.29 is 9.59 Å². The average Bonchev–Trinajstić information content (AvgIpc) is 3.10. The second-order valence-corrected chi connectivity index (χ2v) is 7.30. The fourth-order valence-electron chi connectivity index (χ4n) is 2.75. The van der Waals surface area contributed by atoms with Crippen LogP contribution in [-0.2, 0) is 9.59 Å². The Morgan fingerprint density at radius 2 is 1.85 bits per heavy atom. The minimum atomic E-state index is -0.332. The van der Waals surface area contributed by atoms with Gasteiger partial charge in [0.25, 0.3) is 0 Å². The van der Waals surface area contributed by atoms with Gasteiger partial charge >= 0.3 is 0 Å². The zero-order chi connectivity index (χ0) is 15.3. The fourth-order valence-corrected chi connectivity index (χ4v) is 2.75. The van der Waals surface area contributed by atoms with E-state index in [0.29, 0.717) is 13.0 Å². The van der Waals surface area contributed by atoms with Gasteiger partial charge in [-0.15, -0.1) is 0 Å². The van der Waals surface area contributed by atoms with E-state index >= 15 is 0 Å². The monoisotopic (exact) mass is 282 g/mol. The number of rotatable bonds is 8. The molecule has 1 rings (SSSR count). The van der Waals surface area contributed by atoms with Gasteiger partial charge in [-0.1, -0.05) is 33.6 Å². The van der Waals surface area contributed by atoms with Crippen LogP contribution in [0.25, 0.3) is 0 Å². The first-order chi connectivity index (χ1) is 9.24.